The van der Waals surface area contributed by atoms with Gasteiger partial charge in [0.15, 0.2) is 11.6 Å². The van der Waals surface area contributed by atoms with Crippen LogP contribution in [0.1, 0.15) is 6.42 Å². The molecule has 3 fully saturated rings. The Bertz CT molecular complexity index is 821. The third kappa shape index (κ3) is 4.54. The van der Waals surface area contributed by atoms with E-state index in [1.54, 1.807) is 4.90 Å². The van der Waals surface area contributed by atoms with E-state index in [4.69, 9.17) is 4.74 Å². The molecule has 31 heavy (non-hydrogen) atoms. The quantitative estimate of drug-likeness (QED) is 0.692. The second-order valence-corrected chi connectivity index (χ2v) is 7.67. The van der Waals surface area contributed by atoms with E-state index >= 15 is 0 Å². The molecule has 3 aliphatic heterocycles. The number of anilines is 2. The Hall–Kier alpha value is -2.60. The largest absolute Gasteiger partial charge is 0.442 e. The van der Waals surface area contributed by atoms with Crippen molar-refractivity contribution in [2.24, 2.45) is 0 Å². The maximum Gasteiger partial charge on any atom is 0.414 e. The van der Waals surface area contributed by atoms with Crippen molar-refractivity contribution >= 4 is 23.4 Å². The zero-order valence-electron chi connectivity index (χ0n) is 16.7. The lowest BCUT2D eigenvalue weighted by molar-refractivity contribution is -0.132. The Morgan fingerprint density at radius 1 is 1.06 bits per heavy atom. The van der Waals surface area contributed by atoms with Gasteiger partial charge in [-0.3, -0.25) is 9.69 Å². The summed E-state index contributed by atoms with van der Waals surface area (Å²) in [6.45, 7) is 3.71. The second-order valence-electron chi connectivity index (χ2n) is 7.67. The van der Waals surface area contributed by atoms with Crippen LogP contribution in [0.15, 0.2) is 12.1 Å². The third-order valence-corrected chi connectivity index (χ3v) is 5.69. The summed E-state index contributed by atoms with van der Waals surface area (Å²) in [4.78, 5) is 25.8. The lowest BCUT2D eigenvalue weighted by atomic mass is 10.2. The lowest BCUT2D eigenvalue weighted by Gasteiger charge is -2.25. The van der Waals surface area contributed by atoms with Crippen LogP contribution in [0.5, 0.6) is 0 Å². The fourth-order valence-electron chi connectivity index (χ4n) is 4.17. The molecule has 0 radical (unpaired) electrons. The first-order chi connectivity index (χ1) is 14.8. The molecule has 0 saturated carbocycles. The maximum atomic E-state index is 14.9. The lowest BCUT2D eigenvalue weighted by Crippen LogP contribution is -2.37. The van der Waals surface area contributed by atoms with Crippen molar-refractivity contribution in [3.63, 3.8) is 0 Å². The Balaban J connectivity index is 1.44. The fourth-order valence-corrected chi connectivity index (χ4v) is 4.17. The van der Waals surface area contributed by atoms with Crippen molar-refractivity contribution in [3.8, 4) is 0 Å². The first-order valence-corrected chi connectivity index (χ1v) is 10.1. The van der Waals surface area contributed by atoms with Gasteiger partial charge in [0.2, 0.25) is 0 Å². The second kappa shape index (κ2) is 8.87. The SMILES string of the molecule is O=C(NC[C@H]1CN(c2cc(F)c(N3CCN4CCCN4CC3)c(F)c2)C(=O)O1)C(F)F. The van der Waals surface area contributed by atoms with Gasteiger partial charge in [0.25, 0.3) is 5.91 Å². The number of fused-ring (bicyclic) bond motifs is 1. The first-order valence-electron chi connectivity index (χ1n) is 10.1. The molecule has 2 amide bonds. The molecule has 0 unspecified atom stereocenters. The van der Waals surface area contributed by atoms with Crippen molar-refractivity contribution in [3.05, 3.63) is 23.8 Å². The van der Waals surface area contributed by atoms with E-state index in [9.17, 15) is 27.2 Å². The highest BCUT2D eigenvalue weighted by Gasteiger charge is 2.35. The van der Waals surface area contributed by atoms with E-state index in [2.05, 4.69) is 10.0 Å². The van der Waals surface area contributed by atoms with Gasteiger partial charge in [-0.2, -0.15) is 8.78 Å². The van der Waals surface area contributed by atoms with Crippen LogP contribution >= 0.6 is 0 Å². The van der Waals surface area contributed by atoms with Gasteiger partial charge in [-0.15, -0.1) is 0 Å². The van der Waals surface area contributed by atoms with E-state index < -0.39 is 36.2 Å². The summed E-state index contributed by atoms with van der Waals surface area (Å²) in [6.07, 6.45) is -3.88. The number of rotatable bonds is 5. The molecule has 8 nitrogen and oxygen atoms in total. The number of nitrogens with one attached hydrogen (secondary N) is 1. The molecular weight excluding hydrogens is 422 g/mol. The summed E-state index contributed by atoms with van der Waals surface area (Å²) in [5.74, 6) is -3.08. The van der Waals surface area contributed by atoms with E-state index in [1.165, 1.54) is 0 Å². The minimum atomic E-state index is -3.18. The minimum Gasteiger partial charge on any atom is -0.442 e. The molecule has 0 spiro atoms. The fraction of sp³-hybridized carbons (Fsp3) is 0.579. The van der Waals surface area contributed by atoms with Crippen LogP contribution in [-0.2, 0) is 9.53 Å². The number of nitrogens with zero attached hydrogens (tertiary/aromatic N) is 4. The summed E-state index contributed by atoms with van der Waals surface area (Å²) >= 11 is 0. The maximum absolute atomic E-state index is 14.9. The van der Waals surface area contributed by atoms with Crippen LogP contribution < -0.4 is 15.1 Å². The number of cyclic esters (lactones) is 1. The molecule has 3 heterocycles. The number of hydrogen-bond acceptors (Lipinski definition) is 6. The van der Waals surface area contributed by atoms with Gasteiger partial charge in [-0.25, -0.2) is 23.6 Å². The molecule has 12 heteroatoms. The Morgan fingerprint density at radius 3 is 2.26 bits per heavy atom. The number of alkyl halides is 2. The predicted molar refractivity (Wildman–Crippen MR) is 103 cm³/mol. The number of ether oxygens (including phenoxy) is 1. The van der Waals surface area contributed by atoms with Gasteiger partial charge < -0.3 is 15.0 Å². The van der Waals surface area contributed by atoms with Crippen LogP contribution in [0.2, 0.25) is 0 Å². The van der Waals surface area contributed by atoms with Crippen LogP contribution in [0.25, 0.3) is 0 Å². The average molecular weight is 445 g/mol. The summed E-state index contributed by atoms with van der Waals surface area (Å²) in [6, 6.07) is 2.12. The third-order valence-electron chi connectivity index (χ3n) is 5.69. The summed E-state index contributed by atoms with van der Waals surface area (Å²) in [5, 5.41) is 6.34. The summed E-state index contributed by atoms with van der Waals surface area (Å²) < 4.78 is 59.4. The van der Waals surface area contributed by atoms with E-state index in [-0.39, 0.29) is 24.5 Å². The van der Waals surface area contributed by atoms with Gasteiger partial charge in [0.1, 0.15) is 11.8 Å². The van der Waals surface area contributed by atoms with Gasteiger partial charge in [-0.1, -0.05) is 0 Å². The summed E-state index contributed by atoms with van der Waals surface area (Å²) in [7, 11) is 0. The van der Waals surface area contributed by atoms with Gasteiger partial charge in [-0.05, 0) is 6.42 Å². The normalized spacial score (nSPS) is 22.6. The van der Waals surface area contributed by atoms with Crippen molar-refractivity contribution in [2.75, 3.05) is 62.2 Å². The van der Waals surface area contributed by atoms with Crippen molar-refractivity contribution in [2.45, 2.75) is 19.0 Å². The Labute approximate surface area is 176 Å². The molecule has 1 N–H and O–H groups in total. The highest BCUT2D eigenvalue weighted by Crippen LogP contribution is 2.31. The van der Waals surface area contributed by atoms with Crippen LogP contribution in [-0.4, -0.2) is 86.9 Å². The number of halogens is 4. The number of carbonyl (C=O) groups excluding carboxylic acids is 2. The minimum absolute atomic E-state index is 0.0365. The van der Waals surface area contributed by atoms with Crippen molar-refractivity contribution in [1.82, 2.24) is 15.3 Å². The highest BCUT2D eigenvalue weighted by atomic mass is 19.3. The highest BCUT2D eigenvalue weighted by molar-refractivity contribution is 5.90. The average Bonchev–Trinajstić information content (AvgIpc) is 3.27. The molecule has 0 aromatic heterocycles. The molecule has 3 aliphatic rings. The smallest absolute Gasteiger partial charge is 0.414 e. The molecule has 4 rings (SSSR count). The van der Waals surface area contributed by atoms with Crippen LogP contribution in [0.4, 0.5) is 33.7 Å². The van der Waals surface area contributed by atoms with Gasteiger partial charge >= 0.3 is 12.5 Å². The standard InChI is InChI=1S/C19H23F4N5O3/c20-14-8-12(28-11-13(31-19(28)30)10-24-18(29)17(22)23)9-15(21)16(14)25-4-6-26-2-1-3-27(26)7-5-25/h8-9,13,17H,1-7,10-11H2,(H,24,29)/t13-/m0/s1. The molecule has 1 aromatic carbocycles. The topological polar surface area (TPSA) is 68.4 Å². The molecule has 0 bridgehead atoms. The number of carbonyl (C=O) groups is 2. The van der Waals surface area contributed by atoms with E-state index in [1.807, 2.05) is 5.32 Å². The van der Waals surface area contributed by atoms with E-state index in [0.717, 1.165) is 36.5 Å². The Morgan fingerprint density at radius 2 is 1.68 bits per heavy atom. The van der Waals surface area contributed by atoms with Crippen LogP contribution in [0.3, 0.4) is 0 Å². The van der Waals surface area contributed by atoms with Gasteiger partial charge in [0, 0.05) is 51.4 Å². The monoisotopic (exact) mass is 445 g/mol. The van der Waals surface area contributed by atoms with Crippen molar-refractivity contribution in [1.29, 1.82) is 0 Å². The van der Waals surface area contributed by atoms with Crippen molar-refractivity contribution < 1.29 is 31.9 Å². The molecule has 1 aromatic rings. The molecule has 170 valence electrons. The molecule has 3 saturated heterocycles. The number of hydrogen-bond donors (Lipinski definition) is 1. The first kappa shape index (κ1) is 21.6. The summed E-state index contributed by atoms with van der Waals surface area (Å²) in [5.41, 5.74) is -0.176. The van der Waals surface area contributed by atoms with E-state index in [0.29, 0.717) is 26.2 Å². The molecular formula is C19H23F4N5O3. The molecule has 0 aliphatic carbocycles. The zero-order valence-corrected chi connectivity index (χ0v) is 16.7. The predicted octanol–water partition coefficient (Wildman–Crippen LogP) is 1.41. The number of amides is 2. The number of benzene rings is 1. The zero-order chi connectivity index (χ0) is 22.1. The molecule has 1 atom stereocenters. The van der Waals surface area contributed by atoms with Crippen LogP contribution in [0, 0.1) is 11.6 Å². The Kier molecular flexibility index (Phi) is 6.19. The number of hydrazine groups is 1. The van der Waals surface area contributed by atoms with Gasteiger partial charge in [0.05, 0.1) is 18.8 Å².